The Balaban J connectivity index is 1.60. The molecule has 1 aliphatic rings. The summed E-state index contributed by atoms with van der Waals surface area (Å²) in [6.45, 7) is 2.84. The molecule has 0 bridgehead atoms. The molecule has 0 atom stereocenters. The number of nitro benzene ring substituents is 1. The second-order valence-corrected chi connectivity index (χ2v) is 8.52. The Morgan fingerprint density at radius 1 is 1.14 bits per heavy atom. The Bertz CT molecular complexity index is 981. The van der Waals surface area contributed by atoms with E-state index in [1.54, 1.807) is 11.0 Å². The van der Waals surface area contributed by atoms with Crippen LogP contribution < -0.4 is 4.72 Å². The quantitative estimate of drug-likeness (QED) is 0.609. The molecule has 28 heavy (non-hydrogen) atoms. The van der Waals surface area contributed by atoms with Gasteiger partial charge < -0.3 is 4.90 Å². The van der Waals surface area contributed by atoms with Gasteiger partial charge >= 0.3 is 0 Å². The topological polar surface area (TPSA) is 110 Å². The number of nitrogens with zero attached hydrogens (tertiary/aromatic N) is 2. The maximum atomic E-state index is 12.6. The number of sulfonamides is 1. The summed E-state index contributed by atoms with van der Waals surface area (Å²) in [7, 11) is -3.77. The molecular weight excluding hydrogens is 382 g/mol. The molecule has 1 aliphatic heterocycles. The van der Waals surface area contributed by atoms with E-state index < -0.39 is 14.9 Å². The first-order valence-electron chi connectivity index (χ1n) is 8.89. The fourth-order valence-corrected chi connectivity index (χ4v) is 4.50. The second-order valence-electron chi connectivity index (χ2n) is 6.81. The number of benzene rings is 2. The maximum absolute atomic E-state index is 12.6. The minimum atomic E-state index is -3.77. The lowest BCUT2D eigenvalue weighted by molar-refractivity contribution is -0.384. The van der Waals surface area contributed by atoms with Crippen molar-refractivity contribution in [2.45, 2.75) is 30.7 Å². The first-order valence-corrected chi connectivity index (χ1v) is 10.4. The van der Waals surface area contributed by atoms with Crippen LogP contribution in [0.2, 0.25) is 0 Å². The highest BCUT2D eigenvalue weighted by Crippen LogP contribution is 2.19. The van der Waals surface area contributed by atoms with Gasteiger partial charge in [0.05, 0.1) is 9.82 Å². The molecule has 0 saturated carbocycles. The lowest BCUT2D eigenvalue weighted by atomic mass is 10.0. The van der Waals surface area contributed by atoms with Gasteiger partial charge in [-0.3, -0.25) is 14.9 Å². The summed E-state index contributed by atoms with van der Waals surface area (Å²) in [4.78, 5) is 24.4. The highest BCUT2D eigenvalue weighted by molar-refractivity contribution is 7.89. The van der Waals surface area contributed by atoms with Crippen LogP contribution in [0, 0.1) is 17.0 Å². The van der Waals surface area contributed by atoms with Crippen molar-refractivity contribution in [3.05, 3.63) is 69.8 Å². The van der Waals surface area contributed by atoms with Gasteiger partial charge in [-0.25, -0.2) is 13.1 Å². The number of piperidine rings is 1. The number of nitrogens with one attached hydrogen (secondary N) is 1. The van der Waals surface area contributed by atoms with Gasteiger partial charge in [0.15, 0.2) is 0 Å². The van der Waals surface area contributed by atoms with E-state index in [0.29, 0.717) is 31.5 Å². The van der Waals surface area contributed by atoms with Crippen molar-refractivity contribution in [3.8, 4) is 0 Å². The van der Waals surface area contributed by atoms with Gasteiger partial charge in [-0.05, 0) is 44.0 Å². The monoisotopic (exact) mass is 403 g/mol. The number of amides is 1. The first-order chi connectivity index (χ1) is 13.3. The molecule has 1 N–H and O–H groups in total. The number of carbonyl (C=O) groups excluding carboxylic acids is 1. The van der Waals surface area contributed by atoms with Gasteiger partial charge in [0.25, 0.3) is 11.6 Å². The maximum Gasteiger partial charge on any atom is 0.269 e. The van der Waals surface area contributed by atoms with Crippen LogP contribution in [-0.2, 0) is 10.0 Å². The van der Waals surface area contributed by atoms with Crippen LogP contribution in [0.3, 0.4) is 0 Å². The van der Waals surface area contributed by atoms with E-state index in [9.17, 15) is 23.3 Å². The Labute approximate surface area is 163 Å². The lowest BCUT2D eigenvalue weighted by Gasteiger charge is -2.32. The van der Waals surface area contributed by atoms with Crippen molar-refractivity contribution in [2.75, 3.05) is 13.1 Å². The van der Waals surface area contributed by atoms with Gasteiger partial charge in [0.1, 0.15) is 0 Å². The van der Waals surface area contributed by atoms with Gasteiger partial charge in [0.2, 0.25) is 10.0 Å². The lowest BCUT2D eigenvalue weighted by Crippen LogP contribution is -2.46. The summed E-state index contributed by atoms with van der Waals surface area (Å²) in [5, 5.41) is 10.7. The molecule has 1 saturated heterocycles. The number of rotatable bonds is 5. The first kappa shape index (κ1) is 20.0. The molecule has 3 rings (SSSR count). The second kappa shape index (κ2) is 8.07. The Kier molecular flexibility index (Phi) is 5.76. The van der Waals surface area contributed by atoms with Gasteiger partial charge in [0, 0.05) is 36.8 Å². The highest BCUT2D eigenvalue weighted by Gasteiger charge is 2.27. The third-order valence-corrected chi connectivity index (χ3v) is 6.26. The third kappa shape index (κ3) is 4.55. The summed E-state index contributed by atoms with van der Waals surface area (Å²) in [5.74, 6) is -0.0552. The van der Waals surface area contributed by atoms with Crippen LogP contribution in [0.4, 0.5) is 5.69 Å². The highest BCUT2D eigenvalue weighted by atomic mass is 32.2. The van der Waals surface area contributed by atoms with Crippen molar-refractivity contribution in [1.82, 2.24) is 9.62 Å². The van der Waals surface area contributed by atoms with Crippen molar-refractivity contribution < 1.29 is 18.1 Å². The fraction of sp³-hybridized carbons (Fsp3) is 0.316. The molecule has 0 spiro atoms. The van der Waals surface area contributed by atoms with Crippen molar-refractivity contribution >= 4 is 21.6 Å². The number of aryl methyl sites for hydroxylation is 1. The molecule has 0 aromatic heterocycles. The van der Waals surface area contributed by atoms with Crippen LogP contribution in [-0.4, -0.2) is 43.3 Å². The van der Waals surface area contributed by atoms with Crippen molar-refractivity contribution in [1.29, 1.82) is 0 Å². The summed E-state index contributed by atoms with van der Waals surface area (Å²) in [6.07, 6.45) is 1.01. The Morgan fingerprint density at radius 3 is 2.36 bits per heavy atom. The largest absolute Gasteiger partial charge is 0.339 e. The normalized spacial score (nSPS) is 15.4. The molecule has 0 radical (unpaired) electrons. The van der Waals surface area contributed by atoms with Crippen LogP contribution >= 0.6 is 0 Å². The zero-order valence-corrected chi connectivity index (χ0v) is 16.2. The number of carbonyl (C=O) groups is 1. The summed E-state index contributed by atoms with van der Waals surface area (Å²) >= 11 is 0. The molecular formula is C19H21N3O5S. The van der Waals surface area contributed by atoms with Crippen LogP contribution in [0.1, 0.15) is 28.8 Å². The van der Waals surface area contributed by atoms with Crippen molar-refractivity contribution in [2.24, 2.45) is 0 Å². The minimum Gasteiger partial charge on any atom is -0.339 e. The van der Waals surface area contributed by atoms with E-state index in [4.69, 9.17) is 0 Å². The average molecular weight is 403 g/mol. The fourth-order valence-electron chi connectivity index (χ4n) is 3.20. The summed E-state index contributed by atoms with van der Waals surface area (Å²) < 4.78 is 27.6. The molecule has 8 nitrogen and oxygen atoms in total. The minimum absolute atomic E-state index is 0.0173. The Morgan fingerprint density at radius 2 is 1.79 bits per heavy atom. The van der Waals surface area contributed by atoms with Crippen LogP contribution in [0.15, 0.2) is 53.4 Å². The number of hydrogen-bond donors (Lipinski definition) is 1. The standard InChI is InChI=1S/C19H21N3O5S/c1-14-3-2-4-15(13-14)19(23)21-11-9-16(10-12-21)20-28(26,27)18-7-5-17(6-8-18)22(24)25/h2-8,13,16,20H,9-12H2,1H3. The predicted molar refractivity (Wildman–Crippen MR) is 104 cm³/mol. The van der Waals surface area contributed by atoms with Gasteiger partial charge in [-0.1, -0.05) is 17.7 Å². The van der Waals surface area contributed by atoms with E-state index >= 15 is 0 Å². The summed E-state index contributed by atoms with van der Waals surface area (Å²) in [5.41, 5.74) is 1.48. The number of hydrogen-bond acceptors (Lipinski definition) is 5. The predicted octanol–water partition coefficient (Wildman–Crippen LogP) is 2.49. The average Bonchev–Trinajstić information content (AvgIpc) is 2.68. The zero-order chi connectivity index (χ0) is 20.3. The molecule has 2 aromatic rings. The van der Waals surface area contributed by atoms with E-state index in [1.165, 1.54) is 12.1 Å². The molecule has 1 heterocycles. The van der Waals surface area contributed by atoms with E-state index in [1.807, 2.05) is 25.1 Å². The zero-order valence-electron chi connectivity index (χ0n) is 15.4. The SMILES string of the molecule is Cc1cccc(C(=O)N2CCC(NS(=O)(=O)c3ccc([N+](=O)[O-])cc3)CC2)c1. The van der Waals surface area contributed by atoms with Crippen LogP contribution in [0.5, 0.6) is 0 Å². The number of non-ortho nitro benzene ring substituents is 1. The van der Waals surface area contributed by atoms with E-state index in [2.05, 4.69) is 4.72 Å². The summed E-state index contributed by atoms with van der Waals surface area (Å²) in [6, 6.07) is 11.9. The molecule has 1 fully saturated rings. The molecule has 148 valence electrons. The molecule has 0 unspecified atom stereocenters. The third-order valence-electron chi connectivity index (χ3n) is 4.73. The van der Waals surface area contributed by atoms with Gasteiger partial charge in [-0.2, -0.15) is 0 Å². The molecule has 2 aromatic carbocycles. The van der Waals surface area contributed by atoms with E-state index in [0.717, 1.165) is 17.7 Å². The molecule has 9 heteroatoms. The van der Waals surface area contributed by atoms with Crippen LogP contribution in [0.25, 0.3) is 0 Å². The Hall–Kier alpha value is -2.78. The smallest absolute Gasteiger partial charge is 0.269 e. The number of nitro groups is 1. The van der Waals surface area contributed by atoms with E-state index in [-0.39, 0.29) is 22.5 Å². The number of likely N-dealkylation sites (tertiary alicyclic amines) is 1. The molecule has 0 aliphatic carbocycles. The van der Waals surface area contributed by atoms with Crippen molar-refractivity contribution in [3.63, 3.8) is 0 Å². The van der Waals surface area contributed by atoms with Gasteiger partial charge in [-0.15, -0.1) is 0 Å². The molecule has 1 amide bonds.